The van der Waals surface area contributed by atoms with Gasteiger partial charge < -0.3 is 16.3 Å². The monoisotopic (exact) mass is 303 g/mol. The number of carbonyl (C=O) groups excluding carboxylic acids is 1. The quantitative estimate of drug-likeness (QED) is 0.264. The summed E-state index contributed by atoms with van der Waals surface area (Å²) in [6, 6.07) is 0. The molecular weight excluding hydrogens is 274 g/mol. The molecular formula is C14H29N3O2S. The van der Waals surface area contributed by atoms with Gasteiger partial charge in [-0.25, -0.2) is 0 Å². The predicted molar refractivity (Wildman–Crippen MR) is 86.3 cm³/mol. The van der Waals surface area contributed by atoms with E-state index in [1.54, 1.807) is 11.8 Å². The van der Waals surface area contributed by atoms with E-state index in [1.165, 1.54) is 0 Å². The zero-order chi connectivity index (χ0) is 15.8. The van der Waals surface area contributed by atoms with E-state index in [1.807, 2.05) is 20.1 Å². The van der Waals surface area contributed by atoms with Crippen LogP contribution in [-0.2, 0) is 4.79 Å². The Labute approximate surface area is 126 Å². The van der Waals surface area contributed by atoms with Gasteiger partial charge in [0.2, 0.25) is 5.91 Å². The molecule has 6 heteroatoms. The molecule has 0 unspecified atom stereocenters. The second-order valence-corrected chi connectivity index (χ2v) is 7.23. The fraction of sp³-hybridized carbons (Fsp3) is 0.857. The van der Waals surface area contributed by atoms with E-state index >= 15 is 0 Å². The van der Waals surface area contributed by atoms with E-state index in [9.17, 15) is 4.79 Å². The lowest BCUT2D eigenvalue weighted by molar-refractivity contribution is -0.128. The van der Waals surface area contributed by atoms with Crippen LogP contribution in [0.2, 0.25) is 0 Å². The molecule has 0 bridgehead atoms. The highest BCUT2D eigenvalue weighted by molar-refractivity contribution is 7.99. The third kappa shape index (κ3) is 4.89. The highest BCUT2D eigenvalue weighted by atomic mass is 32.2. The van der Waals surface area contributed by atoms with Crippen molar-refractivity contribution in [3.8, 4) is 0 Å². The van der Waals surface area contributed by atoms with Crippen LogP contribution in [0.5, 0.6) is 0 Å². The molecule has 1 amide bonds. The summed E-state index contributed by atoms with van der Waals surface area (Å²) in [4.78, 5) is 12.6. The minimum atomic E-state index is -0.896. The van der Waals surface area contributed by atoms with Crippen molar-refractivity contribution >= 4 is 23.5 Å². The summed E-state index contributed by atoms with van der Waals surface area (Å²) in [7, 11) is 0. The first-order chi connectivity index (χ1) is 9.29. The molecule has 0 aromatic heterocycles. The minimum Gasteiger partial charge on any atom is -0.409 e. The van der Waals surface area contributed by atoms with Crippen molar-refractivity contribution < 1.29 is 10.0 Å². The molecule has 4 N–H and O–H groups in total. The third-order valence-electron chi connectivity index (χ3n) is 3.61. The van der Waals surface area contributed by atoms with E-state index in [-0.39, 0.29) is 16.5 Å². The summed E-state index contributed by atoms with van der Waals surface area (Å²) in [6.45, 7) is 8.69. The number of nitrogens with one attached hydrogen (secondary N) is 1. The maximum atomic E-state index is 12.6. The van der Waals surface area contributed by atoms with Crippen molar-refractivity contribution in [2.75, 3.05) is 12.8 Å². The summed E-state index contributed by atoms with van der Waals surface area (Å²) >= 11 is 1.69. The Morgan fingerprint density at radius 3 is 2.15 bits per heavy atom. The van der Waals surface area contributed by atoms with Gasteiger partial charge in [0.05, 0.1) is 0 Å². The maximum Gasteiger partial charge on any atom is 0.234 e. The largest absolute Gasteiger partial charge is 0.409 e. The van der Waals surface area contributed by atoms with Gasteiger partial charge in [0.1, 0.15) is 5.41 Å². The number of amides is 1. The first kappa shape index (κ1) is 19.1. The van der Waals surface area contributed by atoms with Crippen molar-refractivity contribution in [3.63, 3.8) is 0 Å². The first-order valence-electron chi connectivity index (χ1n) is 7.11. The summed E-state index contributed by atoms with van der Waals surface area (Å²) in [6.07, 6.45) is 4.79. The number of nitrogens with two attached hydrogens (primary N) is 1. The van der Waals surface area contributed by atoms with Gasteiger partial charge in [-0.05, 0) is 32.9 Å². The second kappa shape index (κ2) is 8.39. The topological polar surface area (TPSA) is 87.7 Å². The van der Waals surface area contributed by atoms with Gasteiger partial charge in [0, 0.05) is 11.3 Å². The number of oxime groups is 1. The summed E-state index contributed by atoms with van der Waals surface area (Å²) in [5, 5.41) is 15.1. The summed E-state index contributed by atoms with van der Waals surface area (Å²) in [5.41, 5.74) is 4.93. The average Bonchev–Trinajstić information content (AvgIpc) is 2.43. The highest BCUT2D eigenvalue weighted by Crippen LogP contribution is 2.31. The van der Waals surface area contributed by atoms with Gasteiger partial charge in [-0.3, -0.25) is 4.79 Å². The molecule has 0 saturated heterocycles. The molecule has 0 aliphatic rings. The van der Waals surface area contributed by atoms with Crippen molar-refractivity contribution in [1.82, 2.24) is 5.32 Å². The second-order valence-electron chi connectivity index (χ2n) is 5.71. The Morgan fingerprint density at radius 2 is 1.80 bits per heavy atom. The van der Waals surface area contributed by atoms with Crippen molar-refractivity contribution in [2.24, 2.45) is 16.3 Å². The molecule has 0 spiro atoms. The Balaban J connectivity index is 5.15. The maximum absolute atomic E-state index is 12.6. The minimum absolute atomic E-state index is 0.0145. The first-order valence-corrected chi connectivity index (χ1v) is 8.33. The van der Waals surface area contributed by atoms with Crippen molar-refractivity contribution in [3.05, 3.63) is 0 Å². The molecule has 20 heavy (non-hydrogen) atoms. The molecule has 0 aromatic rings. The number of thioether (sulfide) groups is 1. The van der Waals surface area contributed by atoms with Crippen LogP contribution in [0.25, 0.3) is 0 Å². The van der Waals surface area contributed by atoms with E-state index < -0.39 is 5.41 Å². The lowest BCUT2D eigenvalue weighted by Crippen LogP contribution is -2.52. The van der Waals surface area contributed by atoms with Crippen LogP contribution in [-0.4, -0.2) is 34.5 Å². The normalized spacial score (nSPS) is 13.3. The Kier molecular flexibility index (Phi) is 8.01. The molecule has 0 aromatic carbocycles. The lowest BCUT2D eigenvalue weighted by atomic mass is 9.77. The van der Waals surface area contributed by atoms with Gasteiger partial charge in [-0.1, -0.05) is 31.8 Å². The lowest BCUT2D eigenvalue weighted by Gasteiger charge is -2.32. The molecule has 118 valence electrons. The van der Waals surface area contributed by atoms with Gasteiger partial charge in [-0.15, -0.1) is 0 Å². The number of hydrogen-bond acceptors (Lipinski definition) is 4. The molecule has 0 atom stereocenters. The number of carbonyl (C=O) groups is 1. The fourth-order valence-electron chi connectivity index (χ4n) is 2.21. The van der Waals surface area contributed by atoms with Crippen LogP contribution in [0.15, 0.2) is 5.16 Å². The Bertz CT molecular complexity index is 337. The van der Waals surface area contributed by atoms with E-state index in [4.69, 9.17) is 10.9 Å². The molecule has 0 saturated carbocycles. The predicted octanol–water partition coefficient (Wildman–Crippen LogP) is 2.58. The molecule has 0 rings (SSSR count). The standard InChI is InChI=1S/C14H29N3O2S/c1-6-8-14(9-7-2,11(15)17-19)12(18)16-10-13(3,4)20-5/h19H,6-10H2,1-5H3,(H2,15,17)(H,16,18). The van der Waals surface area contributed by atoms with E-state index in [2.05, 4.69) is 24.3 Å². The van der Waals surface area contributed by atoms with Crippen LogP contribution < -0.4 is 11.1 Å². The average molecular weight is 303 g/mol. The molecule has 0 heterocycles. The zero-order valence-electron chi connectivity index (χ0n) is 13.3. The van der Waals surface area contributed by atoms with Gasteiger partial charge in [-0.2, -0.15) is 11.8 Å². The number of rotatable bonds is 9. The van der Waals surface area contributed by atoms with Crippen LogP contribution >= 0.6 is 11.8 Å². The summed E-state index contributed by atoms with van der Waals surface area (Å²) in [5.74, 6) is -0.126. The Morgan fingerprint density at radius 1 is 1.30 bits per heavy atom. The molecule has 5 nitrogen and oxygen atoms in total. The fourth-order valence-corrected chi connectivity index (χ4v) is 2.42. The van der Waals surface area contributed by atoms with E-state index in [0.29, 0.717) is 19.4 Å². The molecule has 0 aliphatic heterocycles. The van der Waals surface area contributed by atoms with Crippen LogP contribution in [0.1, 0.15) is 53.4 Å². The van der Waals surface area contributed by atoms with Crippen LogP contribution in [0, 0.1) is 5.41 Å². The molecule has 0 fully saturated rings. The summed E-state index contributed by atoms with van der Waals surface area (Å²) < 4.78 is -0.0368. The van der Waals surface area contributed by atoms with Gasteiger partial charge in [0.25, 0.3) is 0 Å². The Hall–Kier alpha value is -0.910. The number of nitrogens with zero attached hydrogens (tertiary/aromatic N) is 1. The van der Waals surface area contributed by atoms with Gasteiger partial charge >= 0.3 is 0 Å². The molecule has 0 radical (unpaired) electrons. The van der Waals surface area contributed by atoms with Gasteiger partial charge in [0.15, 0.2) is 5.84 Å². The molecule has 0 aliphatic carbocycles. The zero-order valence-corrected chi connectivity index (χ0v) is 14.1. The smallest absolute Gasteiger partial charge is 0.234 e. The van der Waals surface area contributed by atoms with Crippen molar-refractivity contribution in [2.45, 2.75) is 58.1 Å². The highest BCUT2D eigenvalue weighted by Gasteiger charge is 2.41. The van der Waals surface area contributed by atoms with Crippen LogP contribution in [0.3, 0.4) is 0 Å². The number of amidine groups is 1. The third-order valence-corrected chi connectivity index (χ3v) is 4.86. The number of hydrogen-bond donors (Lipinski definition) is 3. The van der Waals surface area contributed by atoms with Crippen molar-refractivity contribution in [1.29, 1.82) is 0 Å². The van der Waals surface area contributed by atoms with Crippen LogP contribution in [0.4, 0.5) is 0 Å². The van der Waals surface area contributed by atoms with E-state index in [0.717, 1.165) is 12.8 Å². The SMILES string of the molecule is CCCC(CCC)(C(=O)NCC(C)(C)SC)C(N)=NO.